The van der Waals surface area contributed by atoms with E-state index in [0.29, 0.717) is 12.5 Å². The van der Waals surface area contributed by atoms with Gasteiger partial charge in [0.25, 0.3) is 0 Å². The molecule has 0 radical (unpaired) electrons. The van der Waals surface area contributed by atoms with Crippen LogP contribution in [0.2, 0.25) is 0 Å². The first kappa shape index (κ1) is 16.0. The molecule has 1 amide bonds. The summed E-state index contributed by atoms with van der Waals surface area (Å²) < 4.78 is 1.78. The van der Waals surface area contributed by atoms with Crippen LogP contribution in [0.1, 0.15) is 36.6 Å². The molecule has 0 spiro atoms. The maximum absolute atomic E-state index is 12.1. The van der Waals surface area contributed by atoms with E-state index < -0.39 is 0 Å². The van der Waals surface area contributed by atoms with Gasteiger partial charge in [-0.3, -0.25) is 9.48 Å². The van der Waals surface area contributed by atoms with E-state index in [1.807, 2.05) is 31.3 Å². The number of aryl methyl sites for hydroxylation is 1. The monoisotopic (exact) mass is 297 g/mol. The topological polar surface area (TPSA) is 38.1 Å². The summed E-state index contributed by atoms with van der Waals surface area (Å²) in [7, 11) is 3.67. The zero-order valence-corrected chi connectivity index (χ0v) is 13.7. The van der Waals surface area contributed by atoms with Crippen molar-refractivity contribution in [2.24, 2.45) is 7.05 Å². The van der Waals surface area contributed by atoms with Crippen LogP contribution in [0.3, 0.4) is 0 Å². The second kappa shape index (κ2) is 7.07. The molecule has 0 bridgehead atoms. The van der Waals surface area contributed by atoms with E-state index in [1.165, 1.54) is 5.56 Å². The van der Waals surface area contributed by atoms with Crippen molar-refractivity contribution in [2.75, 3.05) is 7.05 Å². The van der Waals surface area contributed by atoms with Gasteiger partial charge in [-0.1, -0.05) is 38.1 Å². The standard InChI is InChI=1S/C18H23N3O/c1-14(2)16-8-5-15(6-9-16)7-10-18(22)20(3)13-17-11-12-19-21(17)4/h5-12,14H,13H2,1-4H3/b10-7+. The molecule has 0 aliphatic rings. The Morgan fingerprint density at radius 2 is 1.95 bits per heavy atom. The molecule has 0 saturated carbocycles. The average Bonchev–Trinajstić information content (AvgIpc) is 2.90. The highest BCUT2D eigenvalue weighted by Crippen LogP contribution is 2.15. The summed E-state index contributed by atoms with van der Waals surface area (Å²) in [5.41, 5.74) is 3.34. The number of likely N-dealkylation sites (N-methyl/N-ethyl adjacent to an activating group) is 1. The highest BCUT2D eigenvalue weighted by atomic mass is 16.2. The Morgan fingerprint density at radius 3 is 2.50 bits per heavy atom. The summed E-state index contributed by atoms with van der Waals surface area (Å²) in [6.45, 7) is 4.88. The molecule has 0 unspecified atom stereocenters. The largest absolute Gasteiger partial charge is 0.336 e. The molecule has 0 aliphatic heterocycles. The lowest BCUT2D eigenvalue weighted by Gasteiger charge is -2.15. The smallest absolute Gasteiger partial charge is 0.246 e. The highest BCUT2D eigenvalue weighted by Gasteiger charge is 2.08. The van der Waals surface area contributed by atoms with Crippen LogP contribution in [0.15, 0.2) is 42.6 Å². The van der Waals surface area contributed by atoms with Gasteiger partial charge in [0.1, 0.15) is 0 Å². The van der Waals surface area contributed by atoms with Crippen LogP contribution in [0.4, 0.5) is 0 Å². The fraction of sp³-hybridized carbons (Fsp3) is 0.333. The van der Waals surface area contributed by atoms with Gasteiger partial charge in [0, 0.05) is 26.4 Å². The number of benzene rings is 1. The van der Waals surface area contributed by atoms with Crippen LogP contribution in [-0.2, 0) is 18.4 Å². The first-order valence-electron chi connectivity index (χ1n) is 7.47. The predicted octanol–water partition coefficient (Wildman–Crippen LogP) is 3.22. The van der Waals surface area contributed by atoms with Crippen molar-refractivity contribution in [3.8, 4) is 0 Å². The molecule has 116 valence electrons. The van der Waals surface area contributed by atoms with Gasteiger partial charge in [-0.25, -0.2) is 0 Å². The maximum atomic E-state index is 12.1. The zero-order chi connectivity index (χ0) is 16.1. The van der Waals surface area contributed by atoms with E-state index >= 15 is 0 Å². The maximum Gasteiger partial charge on any atom is 0.246 e. The van der Waals surface area contributed by atoms with Gasteiger partial charge >= 0.3 is 0 Å². The Kier molecular flexibility index (Phi) is 5.15. The predicted molar refractivity (Wildman–Crippen MR) is 89.2 cm³/mol. The van der Waals surface area contributed by atoms with Crippen LogP contribution in [-0.4, -0.2) is 27.6 Å². The minimum absolute atomic E-state index is 0.0193. The molecular weight excluding hydrogens is 274 g/mol. The van der Waals surface area contributed by atoms with Crippen LogP contribution < -0.4 is 0 Å². The number of rotatable bonds is 5. The van der Waals surface area contributed by atoms with Crippen molar-refractivity contribution in [1.29, 1.82) is 0 Å². The Balaban J connectivity index is 1.97. The van der Waals surface area contributed by atoms with Gasteiger partial charge in [-0.05, 0) is 29.2 Å². The first-order valence-corrected chi connectivity index (χ1v) is 7.47. The van der Waals surface area contributed by atoms with E-state index in [4.69, 9.17) is 0 Å². The molecule has 2 aromatic rings. The summed E-state index contributed by atoms with van der Waals surface area (Å²) in [6.07, 6.45) is 5.20. The fourth-order valence-corrected chi connectivity index (χ4v) is 2.16. The van der Waals surface area contributed by atoms with Crippen molar-refractivity contribution in [2.45, 2.75) is 26.3 Å². The SMILES string of the molecule is CC(C)c1ccc(/C=C/C(=O)N(C)Cc2ccnn2C)cc1. The number of carbonyl (C=O) groups excluding carboxylic acids is 1. The van der Waals surface area contributed by atoms with E-state index in [2.05, 4.69) is 31.1 Å². The third-order valence-electron chi connectivity index (χ3n) is 3.72. The Labute approximate surface area is 132 Å². The second-order valence-electron chi connectivity index (χ2n) is 5.80. The summed E-state index contributed by atoms with van der Waals surface area (Å²) in [5, 5.41) is 4.11. The molecule has 0 atom stereocenters. The summed E-state index contributed by atoms with van der Waals surface area (Å²) in [4.78, 5) is 13.8. The van der Waals surface area contributed by atoms with Gasteiger partial charge < -0.3 is 4.90 Å². The third kappa shape index (κ3) is 4.07. The van der Waals surface area contributed by atoms with Crippen LogP contribution in [0, 0.1) is 0 Å². The zero-order valence-electron chi connectivity index (χ0n) is 13.7. The number of amides is 1. The van der Waals surface area contributed by atoms with Crippen LogP contribution >= 0.6 is 0 Å². The molecule has 4 nitrogen and oxygen atoms in total. The number of nitrogens with zero attached hydrogens (tertiary/aromatic N) is 3. The molecule has 0 N–H and O–H groups in total. The van der Waals surface area contributed by atoms with Crippen molar-refractivity contribution < 1.29 is 4.79 Å². The van der Waals surface area contributed by atoms with E-state index in [-0.39, 0.29) is 5.91 Å². The molecular formula is C18H23N3O. The lowest BCUT2D eigenvalue weighted by Crippen LogP contribution is -2.25. The molecule has 0 aliphatic carbocycles. The highest BCUT2D eigenvalue weighted by molar-refractivity contribution is 5.91. The number of hydrogen-bond acceptors (Lipinski definition) is 2. The number of hydrogen-bond donors (Lipinski definition) is 0. The summed E-state index contributed by atoms with van der Waals surface area (Å²) in [6, 6.07) is 10.2. The van der Waals surface area contributed by atoms with E-state index in [9.17, 15) is 4.79 Å². The fourth-order valence-electron chi connectivity index (χ4n) is 2.16. The minimum Gasteiger partial charge on any atom is -0.336 e. The lowest BCUT2D eigenvalue weighted by molar-refractivity contribution is -0.125. The van der Waals surface area contributed by atoms with Crippen molar-refractivity contribution in [3.05, 3.63) is 59.4 Å². The molecule has 0 saturated heterocycles. The lowest BCUT2D eigenvalue weighted by atomic mass is 10.0. The van der Waals surface area contributed by atoms with Crippen molar-refractivity contribution in [3.63, 3.8) is 0 Å². The molecule has 0 fully saturated rings. The van der Waals surface area contributed by atoms with Crippen LogP contribution in [0.5, 0.6) is 0 Å². The first-order chi connectivity index (χ1) is 10.5. The van der Waals surface area contributed by atoms with Gasteiger partial charge in [0.2, 0.25) is 5.91 Å². The van der Waals surface area contributed by atoms with Crippen LogP contribution in [0.25, 0.3) is 6.08 Å². The summed E-state index contributed by atoms with van der Waals surface area (Å²) >= 11 is 0. The van der Waals surface area contributed by atoms with Gasteiger partial charge in [-0.2, -0.15) is 5.10 Å². The quantitative estimate of drug-likeness (QED) is 0.795. The molecule has 1 aromatic carbocycles. The molecule has 4 heteroatoms. The third-order valence-corrected chi connectivity index (χ3v) is 3.72. The Bertz CT molecular complexity index is 653. The number of carbonyl (C=O) groups is 1. The Hall–Kier alpha value is -2.36. The van der Waals surface area contributed by atoms with Gasteiger partial charge in [0.15, 0.2) is 0 Å². The normalized spacial score (nSPS) is 11.3. The van der Waals surface area contributed by atoms with Gasteiger partial charge in [-0.15, -0.1) is 0 Å². The van der Waals surface area contributed by atoms with E-state index in [0.717, 1.165) is 11.3 Å². The van der Waals surface area contributed by atoms with Gasteiger partial charge in [0.05, 0.1) is 12.2 Å². The Morgan fingerprint density at radius 1 is 1.27 bits per heavy atom. The second-order valence-corrected chi connectivity index (χ2v) is 5.80. The molecule has 2 rings (SSSR count). The molecule has 1 aromatic heterocycles. The number of aromatic nitrogens is 2. The van der Waals surface area contributed by atoms with E-state index in [1.54, 1.807) is 28.9 Å². The molecule has 22 heavy (non-hydrogen) atoms. The average molecular weight is 297 g/mol. The van der Waals surface area contributed by atoms with Crippen molar-refractivity contribution in [1.82, 2.24) is 14.7 Å². The molecule has 1 heterocycles. The minimum atomic E-state index is -0.0193. The van der Waals surface area contributed by atoms with Crippen molar-refractivity contribution >= 4 is 12.0 Å². The summed E-state index contributed by atoms with van der Waals surface area (Å²) in [5.74, 6) is 0.499.